The van der Waals surface area contributed by atoms with Crippen molar-refractivity contribution in [2.24, 2.45) is 0 Å². The van der Waals surface area contributed by atoms with E-state index in [0.717, 1.165) is 0 Å². The molecule has 0 unspecified atom stereocenters. The van der Waals surface area contributed by atoms with Crippen molar-refractivity contribution in [3.05, 3.63) is 75.0 Å². The summed E-state index contributed by atoms with van der Waals surface area (Å²) >= 11 is 7.31. The molecule has 0 fully saturated rings. The van der Waals surface area contributed by atoms with Gasteiger partial charge in [-0.1, -0.05) is 65.4 Å². The maximum Gasteiger partial charge on any atom is 0.302 e. The minimum atomic E-state index is -0.309. The molecule has 2 heterocycles. The molecule has 8 heteroatoms. The highest BCUT2D eigenvalue weighted by Crippen LogP contribution is 2.24. The number of fused-ring (bicyclic) bond motifs is 1. The molecule has 2 aromatic carbocycles. The van der Waals surface area contributed by atoms with E-state index in [1.165, 1.54) is 15.9 Å². The highest BCUT2D eigenvalue weighted by atomic mass is 35.5. The molecule has 2 aromatic heterocycles. The van der Waals surface area contributed by atoms with Crippen LogP contribution in [0.4, 0.5) is 0 Å². The number of hydrogen-bond acceptors (Lipinski definition) is 6. The Kier molecular flexibility index (Phi) is 4.17. The summed E-state index contributed by atoms with van der Waals surface area (Å²) in [5, 5.41) is 13.6. The molecule has 0 aliphatic rings. The van der Waals surface area contributed by atoms with Crippen LogP contribution in [0.25, 0.3) is 16.2 Å². The lowest BCUT2D eigenvalue weighted by atomic mass is 10.2. The van der Waals surface area contributed by atoms with Gasteiger partial charge >= 0.3 is 5.56 Å². The number of para-hydroxylation sites is 1. The SMILES string of the molecule is O=c1c(-c2ccccc2)nnc2sc(COc3ccccc3Cl)nn12. The van der Waals surface area contributed by atoms with Gasteiger partial charge in [0, 0.05) is 5.56 Å². The molecule has 25 heavy (non-hydrogen) atoms. The van der Waals surface area contributed by atoms with Gasteiger partial charge in [-0.3, -0.25) is 4.79 Å². The predicted molar refractivity (Wildman–Crippen MR) is 96.1 cm³/mol. The van der Waals surface area contributed by atoms with Crippen LogP contribution in [-0.2, 0) is 6.61 Å². The molecule has 0 spiro atoms. The largest absolute Gasteiger partial charge is 0.485 e. The fourth-order valence-corrected chi connectivity index (χ4v) is 3.22. The first-order valence-corrected chi connectivity index (χ1v) is 8.60. The topological polar surface area (TPSA) is 69.4 Å². The van der Waals surface area contributed by atoms with Crippen LogP contribution in [0.15, 0.2) is 59.4 Å². The maximum absolute atomic E-state index is 12.6. The zero-order valence-electron chi connectivity index (χ0n) is 12.8. The van der Waals surface area contributed by atoms with E-state index in [0.29, 0.717) is 26.3 Å². The number of halogens is 1. The van der Waals surface area contributed by atoms with Crippen LogP contribution in [0.2, 0.25) is 5.02 Å². The number of aromatic nitrogens is 4. The second-order valence-electron chi connectivity index (χ2n) is 5.13. The number of nitrogens with zero attached hydrogens (tertiary/aromatic N) is 4. The zero-order chi connectivity index (χ0) is 17.2. The third-order valence-electron chi connectivity index (χ3n) is 3.47. The standard InChI is InChI=1S/C17H11ClN4O2S/c18-12-8-4-5-9-13(12)24-10-14-21-22-16(23)15(19-20-17(22)25-14)11-6-2-1-3-7-11/h1-9H,10H2. The molecular formula is C17H11ClN4O2S. The summed E-state index contributed by atoms with van der Waals surface area (Å²) in [6, 6.07) is 16.4. The van der Waals surface area contributed by atoms with Crippen LogP contribution in [0.1, 0.15) is 5.01 Å². The third kappa shape index (κ3) is 3.11. The summed E-state index contributed by atoms with van der Waals surface area (Å²) in [7, 11) is 0. The fourth-order valence-electron chi connectivity index (χ4n) is 2.29. The summed E-state index contributed by atoms with van der Waals surface area (Å²) in [6.07, 6.45) is 0. The summed E-state index contributed by atoms with van der Waals surface area (Å²) in [5.41, 5.74) is 0.662. The quantitative estimate of drug-likeness (QED) is 0.550. The van der Waals surface area contributed by atoms with Gasteiger partial charge in [0.25, 0.3) is 0 Å². The molecule has 6 nitrogen and oxygen atoms in total. The van der Waals surface area contributed by atoms with Gasteiger partial charge in [-0.15, -0.1) is 10.2 Å². The molecule has 0 saturated carbocycles. The van der Waals surface area contributed by atoms with E-state index in [9.17, 15) is 4.79 Å². The van der Waals surface area contributed by atoms with Gasteiger partial charge in [0.05, 0.1) is 5.02 Å². The normalized spacial score (nSPS) is 10.9. The second-order valence-corrected chi connectivity index (χ2v) is 6.58. The molecule has 0 bridgehead atoms. The Bertz CT molecular complexity index is 1090. The molecule has 0 N–H and O–H groups in total. The van der Waals surface area contributed by atoms with Crippen molar-refractivity contribution in [2.75, 3.05) is 0 Å². The molecule has 0 atom stereocenters. The fraction of sp³-hybridized carbons (Fsp3) is 0.0588. The third-order valence-corrected chi connectivity index (χ3v) is 4.65. The Labute approximate surface area is 151 Å². The lowest BCUT2D eigenvalue weighted by molar-refractivity contribution is 0.304. The van der Waals surface area contributed by atoms with Crippen molar-refractivity contribution >= 4 is 27.9 Å². The van der Waals surface area contributed by atoms with Crippen molar-refractivity contribution in [1.82, 2.24) is 19.8 Å². The monoisotopic (exact) mass is 370 g/mol. The van der Waals surface area contributed by atoms with Crippen LogP contribution in [0.3, 0.4) is 0 Å². The van der Waals surface area contributed by atoms with Crippen molar-refractivity contribution in [1.29, 1.82) is 0 Å². The van der Waals surface area contributed by atoms with Crippen molar-refractivity contribution in [2.45, 2.75) is 6.61 Å². The lowest BCUT2D eigenvalue weighted by Gasteiger charge is -2.04. The highest BCUT2D eigenvalue weighted by molar-refractivity contribution is 7.16. The van der Waals surface area contributed by atoms with E-state index in [1.54, 1.807) is 12.1 Å². The average Bonchev–Trinajstić information content (AvgIpc) is 3.06. The molecule has 0 aliphatic carbocycles. The van der Waals surface area contributed by atoms with E-state index >= 15 is 0 Å². The number of rotatable bonds is 4. The van der Waals surface area contributed by atoms with Gasteiger partial charge in [0.1, 0.15) is 12.4 Å². The molecule has 4 aromatic rings. The molecule has 0 radical (unpaired) electrons. The van der Waals surface area contributed by atoms with Crippen LogP contribution in [0, 0.1) is 0 Å². The van der Waals surface area contributed by atoms with E-state index < -0.39 is 0 Å². The van der Waals surface area contributed by atoms with E-state index in [-0.39, 0.29) is 17.9 Å². The molecule has 0 amide bonds. The van der Waals surface area contributed by atoms with Gasteiger partial charge in [-0.05, 0) is 12.1 Å². The molecular weight excluding hydrogens is 360 g/mol. The second kappa shape index (κ2) is 6.62. The molecule has 0 aliphatic heterocycles. The van der Waals surface area contributed by atoms with Gasteiger partial charge in [0.15, 0.2) is 10.7 Å². The van der Waals surface area contributed by atoms with Gasteiger partial charge in [-0.25, -0.2) is 0 Å². The first-order chi connectivity index (χ1) is 12.2. The van der Waals surface area contributed by atoms with E-state index in [2.05, 4.69) is 15.3 Å². The van der Waals surface area contributed by atoms with Gasteiger partial charge in [0.2, 0.25) is 4.96 Å². The molecule has 4 rings (SSSR count). The first kappa shape index (κ1) is 15.7. The Morgan fingerprint density at radius 2 is 1.80 bits per heavy atom. The number of benzene rings is 2. The Balaban J connectivity index is 1.66. The number of hydrogen-bond donors (Lipinski definition) is 0. The minimum Gasteiger partial charge on any atom is -0.485 e. The first-order valence-electron chi connectivity index (χ1n) is 7.40. The average molecular weight is 371 g/mol. The molecule has 124 valence electrons. The number of ether oxygens (including phenoxy) is 1. The summed E-state index contributed by atoms with van der Waals surface area (Å²) in [4.78, 5) is 13.0. The highest BCUT2D eigenvalue weighted by Gasteiger charge is 2.14. The lowest BCUT2D eigenvalue weighted by Crippen LogP contribution is -2.19. The van der Waals surface area contributed by atoms with Gasteiger partial charge in [-0.2, -0.15) is 9.61 Å². The maximum atomic E-state index is 12.6. The van der Waals surface area contributed by atoms with E-state index in [1.807, 2.05) is 42.5 Å². The zero-order valence-corrected chi connectivity index (χ0v) is 14.4. The Morgan fingerprint density at radius 1 is 1.04 bits per heavy atom. The predicted octanol–water partition coefficient (Wildman–Crippen LogP) is 3.45. The van der Waals surface area contributed by atoms with Crippen molar-refractivity contribution < 1.29 is 4.74 Å². The van der Waals surface area contributed by atoms with E-state index in [4.69, 9.17) is 16.3 Å². The Hall–Kier alpha value is -2.77. The smallest absolute Gasteiger partial charge is 0.302 e. The minimum absolute atomic E-state index is 0.192. The Morgan fingerprint density at radius 3 is 2.60 bits per heavy atom. The summed E-state index contributed by atoms with van der Waals surface area (Å²) in [5.74, 6) is 0.562. The van der Waals surface area contributed by atoms with Gasteiger partial charge < -0.3 is 4.74 Å². The van der Waals surface area contributed by atoms with Crippen LogP contribution in [0.5, 0.6) is 5.75 Å². The van der Waals surface area contributed by atoms with Crippen LogP contribution in [-0.4, -0.2) is 19.8 Å². The summed E-state index contributed by atoms with van der Waals surface area (Å²) < 4.78 is 6.91. The van der Waals surface area contributed by atoms with Crippen molar-refractivity contribution in [3.63, 3.8) is 0 Å². The summed E-state index contributed by atoms with van der Waals surface area (Å²) in [6.45, 7) is 0.192. The van der Waals surface area contributed by atoms with Crippen LogP contribution < -0.4 is 10.3 Å². The van der Waals surface area contributed by atoms with Crippen molar-refractivity contribution in [3.8, 4) is 17.0 Å². The molecule has 0 saturated heterocycles. The van der Waals surface area contributed by atoms with Crippen LogP contribution >= 0.6 is 22.9 Å².